The molecule has 1 aromatic carbocycles. The van der Waals surface area contributed by atoms with E-state index in [1.807, 2.05) is 39.0 Å². The fourth-order valence-electron chi connectivity index (χ4n) is 2.73. The second-order valence-corrected chi connectivity index (χ2v) is 5.49. The zero-order valence-electron chi connectivity index (χ0n) is 12.3. The van der Waals surface area contributed by atoms with Crippen molar-refractivity contribution >= 4 is 17.5 Å². The number of carbonyl (C=O) groups excluding carboxylic acids is 2. The van der Waals surface area contributed by atoms with Crippen LogP contribution in [0.4, 0.5) is 5.69 Å². The number of anilines is 1. The second-order valence-electron chi connectivity index (χ2n) is 5.49. The molecule has 0 saturated carbocycles. The minimum atomic E-state index is -0.535. The van der Waals surface area contributed by atoms with Gasteiger partial charge in [-0.3, -0.25) is 14.3 Å². The number of benzene rings is 1. The van der Waals surface area contributed by atoms with Crippen LogP contribution in [0.3, 0.4) is 0 Å². The van der Waals surface area contributed by atoms with Gasteiger partial charge in [0.25, 0.3) is 5.91 Å². The van der Waals surface area contributed by atoms with Gasteiger partial charge in [-0.1, -0.05) is 17.7 Å². The molecule has 0 radical (unpaired) electrons. The number of nitrogens with zero attached hydrogens (tertiary/aromatic N) is 3. The van der Waals surface area contributed by atoms with Crippen LogP contribution in [0.2, 0.25) is 0 Å². The van der Waals surface area contributed by atoms with Crippen LogP contribution in [0.1, 0.15) is 29.4 Å². The van der Waals surface area contributed by atoms with Crippen LogP contribution in [0.15, 0.2) is 30.3 Å². The highest BCUT2D eigenvalue weighted by molar-refractivity contribution is 6.21. The molecule has 108 valence electrons. The minimum Gasteiger partial charge on any atom is -0.274 e. The standard InChI is InChI=1S/C16H17N3O2/c1-10-4-6-13(7-5-10)18-15(20)9-14(16(18)21)19-12(3)8-11(2)17-19/h4-8,14H,9H2,1-3H3/t14-/m0/s1. The number of aryl methyl sites for hydroxylation is 3. The van der Waals surface area contributed by atoms with Crippen LogP contribution in [-0.2, 0) is 9.59 Å². The maximum Gasteiger partial charge on any atom is 0.259 e. The molecule has 1 aliphatic rings. The van der Waals surface area contributed by atoms with Crippen molar-refractivity contribution in [2.45, 2.75) is 33.2 Å². The molecular weight excluding hydrogens is 266 g/mol. The smallest absolute Gasteiger partial charge is 0.259 e. The van der Waals surface area contributed by atoms with E-state index in [4.69, 9.17) is 0 Å². The Kier molecular flexibility index (Phi) is 3.12. The lowest BCUT2D eigenvalue weighted by Crippen LogP contribution is -2.31. The van der Waals surface area contributed by atoms with Crippen LogP contribution in [-0.4, -0.2) is 21.6 Å². The van der Waals surface area contributed by atoms with Gasteiger partial charge in [0.2, 0.25) is 5.91 Å². The molecule has 0 N–H and O–H groups in total. The molecule has 0 aliphatic carbocycles. The van der Waals surface area contributed by atoms with E-state index in [1.165, 1.54) is 4.90 Å². The molecule has 1 fully saturated rings. The third-order valence-corrected chi connectivity index (χ3v) is 3.75. The Morgan fingerprint density at radius 3 is 2.33 bits per heavy atom. The number of carbonyl (C=O) groups is 2. The molecular formula is C16H17N3O2. The minimum absolute atomic E-state index is 0.161. The van der Waals surface area contributed by atoms with E-state index in [0.29, 0.717) is 5.69 Å². The maximum absolute atomic E-state index is 12.6. The Hall–Kier alpha value is -2.43. The van der Waals surface area contributed by atoms with Crippen LogP contribution < -0.4 is 4.90 Å². The van der Waals surface area contributed by atoms with E-state index in [0.717, 1.165) is 17.0 Å². The van der Waals surface area contributed by atoms with E-state index in [1.54, 1.807) is 16.8 Å². The zero-order valence-corrected chi connectivity index (χ0v) is 12.3. The molecule has 2 amide bonds. The first kappa shape index (κ1) is 13.5. The van der Waals surface area contributed by atoms with Gasteiger partial charge in [0.1, 0.15) is 6.04 Å². The van der Waals surface area contributed by atoms with Crippen LogP contribution in [0.25, 0.3) is 0 Å². The second kappa shape index (κ2) is 4.84. The Balaban J connectivity index is 1.95. The van der Waals surface area contributed by atoms with Crippen molar-refractivity contribution in [3.8, 4) is 0 Å². The topological polar surface area (TPSA) is 55.2 Å². The molecule has 5 heteroatoms. The monoisotopic (exact) mass is 283 g/mol. The number of hydrogen-bond donors (Lipinski definition) is 0. The fourth-order valence-corrected chi connectivity index (χ4v) is 2.73. The summed E-state index contributed by atoms with van der Waals surface area (Å²) in [7, 11) is 0. The summed E-state index contributed by atoms with van der Waals surface area (Å²) in [5, 5.41) is 4.34. The largest absolute Gasteiger partial charge is 0.274 e. The van der Waals surface area contributed by atoms with Crippen molar-refractivity contribution in [1.29, 1.82) is 0 Å². The summed E-state index contributed by atoms with van der Waals surface area (Å²) >= 11 is 0. The summed E-state index contributed by atoms with van der Waals surface area (Å²) in [4.78, 5) is 26.1. The van der Waals surface area contributed by atoms with Crippen molar-refractivity contribution in [2.24, 2.45) is 0 Å². The first-order valence-corrected chi connectivity index (χ1v) is 6.93. The predicted octanol–water partition coefficient (Wildman–Crippen LogP) is 2.31. The highest BCUT2D eigenvalue weighted by atomic mass is 16.2. The molecule has 1 atom stereocenters. The quantitative estimate of drug-likeness (QED) is 0.795. The third kappa shape index (κ3) is 2.24. The van der Waals surface area contributed by atoms with Crippen LogP contribution >= 0.6 is 0 Å². The van der Waals surface area contributed by atoms with Crippen molar-refractivity contribution in [1.82, 2.24) is 9.78 Å². The number of amides is 2. The summed E-state index contributed by atoms with van der Waals surface area (Å²) in [6.07, 6.45) is 0.161. The number of rotatable bonds is 2. The molecule has 1 saturated heterocycles. The molecule has 1 aliphatic heterocycles. The van der Waals surface area contributed by atoms with E-state index >= 15 is 0 Å². The van der Waals surface area contributed by atoms with Crippen LogP contribution in [0.5, 0.6) is 0 Å². The average molecular weight is 283 g/mol. The van der Waals surface area contributed by atoms with Gasteiger partial charge in [-0.05, 0) is 39.0 Å². The van der Waals surface area contributed by atoms with Gasteiger partial charge in [-0.2, -0.15) is 5.10 Å². The third-order valence-electron chi connectivity index (χ3n) is 3.75. The number of hydrogen-bond acceptors (Lipinski definition) is 3. The highest BCUT2D eigenvalue weighted by Gasteiger charge is 2.41. The molecule has 21 heavy (non-hydrogen) atoms. The summed E-state index contributed by atoms with van der Waals surface area (Å²) in [5.41, 5.74) is 3.46. The van der Waals surface area contributed by atoms with Gasteiger partial charge in [0.15, 0.2) is 0 Å². The lowest BCUT2D eigenvalue weighted by molar-refractivity contribution is -0.122. The Bertz CT molecular complexity index is 716. The highest BCUT2D eigenvalue weighted by Crippen LogP contribution is 2.30. The van der Waals surface area contributed by atoms with Gasteiger partial charge in [0.05, 0.1) is 17.8 Å². The molecule has 2 aromatic rings. The van der Waals surface area contributed by atoms with E-state index in [2.05, 4.69) is 5.10 Å². The van der Waals surface area contributed by atoms with Gasteiger partial charge in [0, 0.05) is 5.69 Å². The van der Waals surface area contributed by atoms with Gasteiger partial charge >= 0.3 is 0 Å². The Labute approximate surface area is 123 Å². The number of imide groups is 1. The molecule has 0 bridgehead atoms. The molecule has 2 heterocycles. The number of aromatic nitrogens is 2. The Morgan fingerprint density at radius 2 is 1.76 bits per heavy atom. The average Bonchev–Trinajstić information content (AvgIpc) is 2.91. The summed E-state index contributed by atoms with van der Waals surface area (Å²) in [6.45, 7) is 5.74. The summed E-state index contributed by atoms with van der Waals surface area (Å²) < 4.78 is 1.66. The van der Waals surface area contributed by atoms with E-state index in [-0.39, 0.29) is 18.2 Å². The first-order chi connectivity index (χ1) is 9.97. The summed E-state index contributed by atoms with van der Waals surface area (Å²) in [5.74, 6) is -0.392. The SMILES string of the molecule is Cc1ccc(N2C(=O)C[C@H](n3nc(C)cc3C)C2=O)cc1. The first-order valence-electron chi connectivity index (χ1n) is 6.93. The van der Waals surface area contributed by atoms with Crippen molar-refractivity contribution in [3.63, 3.8) is 0 Å². The van der Waals surface area contributed by atoms with Crippen LogP contribution in [0, 0.1) is 20.8 Å². The molecule has 0 spiro atoms. The lowest BCUT2D eigenvalue weighted by Gasteiger charge is -2.16. The zero-order chi connectivity index (χ0) is 15.1. The molecule has 1 aromatic heterocycles. The molecule has 5 nitrogen and oxygen atoms in total. The fraction of sp³-hybridized carbons (Fsp3) is 0.312. The Morgan fingerprint density at radius 1 is 1.10 bits per heavy atom. The van der Waals surface area contributed by atoms with E-state index in [9.17, 15) is 9.59 Å². The van der Waals surface area contributed by atoms with Gasteiger partial charge in [-0.25, -0.2) is 4.90 Å². The van der Waals surface area contributed by atoms with Crippen molar-refractivity contribution in [3.05, 3.63) is 47.3 Å². The van der Waals surface area contributed by atoms with Gasteiger partial charge in [-0.15, -0.1) is 0 Å². The molecule has 3 rings (SSSR count). The normalized spacial score (nSPS) is 18.6. The van der Waals surface area contributed by atoms with Crippen molar-refractivity contribution in [2.75, 3.05) is 4.90 Å². The summed E-state index contributed by atoms with van der Waals surface area (Å²) in [6, 6.07) is 8.77. The molecule has 0 unspecified atom stereocenters. The maximum atomic E-state index is 12.6. The predicted molar refractivity (Wildman–Crippen MR) is 79.0 cm³/mol. The van der Waals surface area contributed by atoms with Gasteiger partial charge < -0.3 is 0 Å². The van der Waals surface area contributed by atoms with E-state index < -0.39 is 6.04 Å². The lowest BCUT2D eigenvalue weighted by atomic mass is 10.2. The van der Waals surface area contributed by atoms with Crippen molar-refractivity contribution < 1.29 is 9.59 Å².